The van der Waals surface area contributed by atoms with Crippen LogP contribution in [0, 0.1) is 0 Å². The van der Waals surface area contributed by atoms with Crippen LogP contribution in [-0.2, 0) is 9.47 Å². The van der Waals surface area contributed by atoms with Crippen LogP contribution < -0.4 is 0 Å². The summed E-state index contributed by atoms with van der Waals surface area (Å²) in [5, 5.41) is 0. The van der Waals surface area contributed by atoms with Crippen LogP contribution >= 0.6 is 0 Å². The summed E-state index contributed by atoms with van der Waals surface area (Å²) < 4.78 is 10.0. The van der Waals surface area contributed by atoms with Gasteiger partial charge in [0.2, 0.25) is 0 Å². The van der Waals surface area contributed by atoms with Gasteiger partial charge in [-0.3, -0.25) is 0 Å². The fourth-order valence-electron chi connectivity index (χ4n) is 1.09. The molecule has 0 aliphatic carbocycles. The highest BCUT2D eigenvalue weighted by Gasteiger charge is 2.22. The van der Waals surface area contributed by atoms with Crippen molar-refractivity contribution in [2.45, 2.75) is 59.0 Å². The van der Waals surface area contributed by atoms with Crippen molar-refractivity contribution >= 4 is 6.16 Å². The number of carbonyl (C=O) groups excluding carboxylic acids is 1. The van der Waals surface area contributed by atoms with Crippen LogP contribution in [0.25, 0.3) is 0 Å². The fourth-order valence-corrected chi connectivity index (χ4v) is 1.09. The Bertz CT molecular complexity index is 164. The van der Waals surface area contributed by atoms with Crippen molar-refractivity contribution in [3.05, 3.63) is 0 Å². The van der Waals surface area contributed by atoms with Crippen LogP contribution in [0.4, 0.5) is 4.79 Å². The fraction of sp³-hybridized carbons (Fsp3) is 0.909. The number of carbonyl (C=O) groups is 1. The Labute approximate surface area is 86.8 Å². The van der Waals surface area contributed by atoms with Gasteiger partial charge >= 0.3 is 6.16 Å². The molecule has 0 aromatic carbocycles. The minimum Gasteiger partial charge on any atom is -0.434 e. The molecular formula is C11H22O3. The molecule has 0 heterocycles. The van der Waals surface area contributed by atoms with Crippen molar-refractivity contribution in [2.75, 3.05) is 6.61 Å². The summed E-state index contributed by atoms with van der Waals surface area (Å²) in [6.07, 6.45) is 3.33. The number of rotatable bonds is 6. The number of unbranched alkanes of at least 4 members (excludes halogenated alkanes) is 1. The number of hydrogen-bond donors (Lipinski definition) is 0. The lowest BCUT2D eigenvalue weighted by Gasteiger charge is -2.24. The van der Waals surface area contributed by atoms with E-state index in [1.807, 2.05) is 20.8 Å². The third-order valence-corrected chi connectivity index (χ3v) is 1.92. The van der Waals surface area contributed by atoms with Gasteiger partial charge in [0.05, 0.1) is 6.61 Å². The maximum absolute atomic E-state index is 11.1. The summed E-state index contributed by atoms with van der Waals surface area (Å²) in [6.45, 7) is 8.33. The van der Waals surface area contributed by atoms with Crippen LogP contribution in [0.5, 0.6) is 0 Å². The molecule has 0 spiro atoms. The predicted molar refractivity (Wildman–Crippen MR) is 56.3 cm³/mol. The predicted octanol–water partition coefficient (Wildman–Crippen LogP) is 3.52. The number of hydrogen-bond acceptors (Lipinski definition) is 3. The highest BCUT2D eigenvalue weighted by atomic mass is 16.7. The standard InChI is InChI=1S/C11H22O3/c1-5-7-8-11(3,4)14-10(12)13-9-6-2/h5-9H2,1-4H3. The Morgan fingerprint density at radius 1 is 1.21 bits per heavy atom. The zero-order valence-corrected chi connectivity index (χ0v) is 9.76. The van der Waals surface area contributed by atoms with Crippen LogP contribution in [0.1, 0.15) is 53.4 Å². The van der Waals surface area contributed by atoms with E-state index in [0.717, 1.165) is 25.7 Å². The number of ether oxygens (including phenoxy) is 2. The summed E-state index contributed by atoms with van der Waals surface area (Å²) in [5.74, 6) is 0. The quantitative estimate of drug-likeness (QED) is 0.618. The molecule has 0 aromatic heterocycles. The van der Waals surface area contributed by atoms with Gasteiger partial charge in [0, 0.05) is 0 Å². The Hall–Kier alpha value is -0.730. The average molecular weight is 202 g/mol. The summed E-state index contributed by atoms with van der Waals surface area (Å²) in [7, 11) is 0. The van der Waals surface area contributed by atoms with E-state index in [1.54, 1.807) is 0 Å². The molecule has 0 N–H and O–H groups in total. The Balaban J connectivity index is 3.76. The molecule has 3 heteroatoms. The maximum Gasteiger partial charge on any atom is 0.508 e. The monoisotopic (exact) mass is 202 g/mol. The molecule has 0 bridgehead atoms. The smallest absolute Gasteiger partial charge is 0.434 e. The van der Waals surface area contributed by atoms with Gasteiger partial charge in [-0.2, -0.15) is 0 Å². The second-order valence-corrected chi connectivity index (χ2v) is 4.06. The lowest BCUT2D eigenvalue weighted by atomic mass is 10.0. The molecular weight excluding hydrogens is 180 g/mol. The summed E-state index contributed by atoms with van der Waals surface area (Å²) >= 11 is 0. The first-order chi connectivity index (χ1) is 6.52. The Kier molecular flexibility index (Phi) is 6.34. The molecule has 0 saturated heterocycles. The van der Waals surface area contributed by atoms with Crippen LogP contribution in [0.2, 0.25) is 0 Å². The summed E-state index contributed by atoms with van der Waals surface area (Å²) in [4.78, 5) is 11.1. The van der Waals surface area contributed by atoms with E-state index in [0.29, 0.717) is 6.61 Å². The van der Waals surface area contributed by atoms with E-state index in [4.69, 9.17) is 9.47 Å². The van der Waals surface area contributed by atoms with E-state index in [9.17, 15) is 4.79 Å². The van der Waals surface area contributed by atoms with Crippen molar-refractivity contribution in [1.29, 1.82) is 0 Å². The second-order valence-electron chi connectivity index (χ2n) is 4.06. The maximum atomic E-state index is 11.1. The molecule has 0 fully saturated rings. The van der Waals surface area contributed by atoms with Crippen molar-refractivity contribution in [3.63, 3.8) is 0 Å². The molecule has 14 heavy (non-hydrogen) atoms. The van der Waals surface area contributed by atoms with Gasteiger partial charge < -0.3 is 9.47 Å². The van der Waals surface area contributed by atoms with Crippen molar-refractivity contribution in [1.82, 2.24) is 0 Å². The van der Waals surface area contributed by atoms with Gasteiger partial charge in [-0.25, -0.2) is 4.79 Å². The topological polar surface area (TPSA) is 35.5 Å². The normalized spacial score (nSPS) is 11.1. The highest BCUT2D eigenvalue weighted by molar-refractivity contribution is 5.60. The van der Waals surface area contributed by atoms with Gasteiger partial charge in [0.15, 0.2) is 0 Å². The first-order valence-corrected chi connectivity index (χ1v) is 5.37. The van der Waals surface area contributed by atoms with Crippen LogP contribution in [0.3, 0.4) is 0 Å². The van der Waals surface area contributed by atoms with Gasteiger partial charge in [-0.05, 0) is 33.1 Å². The highest BCUT2D eigenvalue weighted by Crippen LogP contribution is 2.18. The minimum absolute atomic E-state index is 0.402. The van der Waals surface area contributed by atoms with Crippen molar-refractivity contribution < 1.29 is 14.3 Å². The molecule has 0 rings (SSSR count). The lowest BCUT2D eigenvalue weighted by molar-refractivity contribution is -0.0211. The molecule has 0 saturated carbocycles. The molecule has 0 amide bonds. The van der Waals surface area contributed by atoms with E-state index < -0.39 is 11.8 Å². The third kappa shape index (κ3) is 6.75. The molecule has 0 unspecified atom stereocenters. The zero-order valence-electron chi connectivity index (χ0n) is 9.76. The van der Waals surface area contributed by atoms with E-state index in [-0.39, 0.29) is 0 Å². The van der Waals surface area contributed by atoms with Gasteiger partial charge in [-0.1, -0.05) is 20.3 Å². The molecule has 0 atom stereocenters. The molecule has 0 aliphatic heterocycles. The van der Waals surface area contributed by atoms with Gasteiger partial charge in [-0.15, -0.1) is 0 Å². The first kappa shape index (κ1) is 13.3. The average Bonchev–Trinajstić information content (AvgIpc) is 2.11. The van der Waals surface area contributed by atoms with Gasteiger partial charge in [0.25, 0.3) is 0 Å². The third-order valence-electron chi connectivity index (χ3n) is 1.92. The zero-order chi connectivity index (χ0) is 11.0. The van der Waals surface area contributed by atoms with E-state index in [2.05, 4.69) is 6.92 Å². The molecule has 0 radical (unpaired) electrons. The van der Waals surface area contributed by atoms with E-state index >= 15 is 0 Å². The molecule has 0 aliphatic rings. The largest absolute Gasteiger partial charge is 0.508 e. The Morgan fingerprint density at radius 3 is 2.36 bits per heavy atom. The Morgan fingerprint density at radius 2 is 1.86 bits per heavy atom. The van der Waals surface area contributed by atoms with Crippen LogP contribution in [0.15, 0.2) is 0 Å². The molecule has 3 nitrogen and oxygen atoms in total. The van der Waals surface area contributed by atoms with Crippen LogP contribution in [-0.4, -0.2) is 18.4 Å². The minimum atomic E-state index is -0.548. The SMILES string of the molecule is CCCCC(C)(C)OC(=O)OCCC. The summed E-state index contributed by atoms with van der Waals surface area (Å²) in [5.41, 5.74) is -0.402. The van der Waals surface area contributed by atoms with E-state index in [1.165, 1.54) is 0 Å². The second kappa shape index (κ2) is 6.68. The van der Waals surface area contributed by atoms with Crippen molar-refractivity contribution in [3.8, 4) is 0 Å². The lowest BCUT2D eigenvalue weighted by Crippen LogP contribution is -2.28. The van der Waals surface area contributed by atoms with Gasteiger partial charge in [0.1, 0.15) is 5.60 Å². The first-order valence-electron chi connectivity index (χ1n) is 5.37. The molecule has 0 aromatic rings. The molecule has 84 valence electrons. The van der Waals surface area contributed by atoms with Crippen molar-refractivity contribution in [2.24, 2.45) is 0 Å². The summed E-state index contributed by atoms with van der Waals surface area (Å²) in [6, 6.07) is 0.